The van der Waals surface area contributed by atoms with Crippen molar-refractivity contribution < 1.29 is 18.7 Å². The number of hydrogen-bond donors (Lipinski definition) is 1. The molecule has 8 heteroatoms. The first-order valence-electron chi connectivity index (χ1n) is 12.1. The molecule has 5 rings (SSSR count). The van der Waals surface area contributed by atoms with Gasteiger partial charge in [0.1, 0.15) is 29.7 Å². The summed E-state index contributed by atoms with van der Waals surface area (Å²) in [7, 11) is 2.03. The Bertz CT molecular complexity index is 1120. The lowest BCUT2D eigenvalue weighted by atomic mass is 9.83. The van der Waals surface area contributed by atoms with Crippen LogP contribution in [-0.4, -0.2) is 52.3 Å². The molecule has 4 heterocycles. The number of carbonyl (C=O) groups excluding carboxylic acids is 1. The molecule has 0 bridgehead atoms. The Balaban J connectivity index is 1.54. The average molecular weight is 469 g/mol. The third kappa shape index (κ3) is 3.78. The van der Waals surface area contributed by atoms with E-state index in [1.165, 1.54) is 6.07 Å². The van der Waals surface area contributed by atoms with E-state index in [4.69, 9.17) is 14.5 Å². The first-order chi connectivity index (χ1) is 16.2. The average Bonchev–Trinajstić information content (AvgIpc) is 3.15. The number of aromatic nitrogens is 2. The molecule has 34 heavy (non-hydrogen) atoms. The van der Waals surface area contributed by atoms with Crippen LogP contribution in [0.2, 0.25) is 0 Å². The minimum atomic E-state index is -0.673. The molecule has 3 aliphatic rings. The highest BCUT2D eigenvalue weighted by molar-refractivity contribution is 5.74. The van der Waals surface area contributed by atoms with Gasteiger partial charge in [0.15, 0.2) is 5.60 Å². The van der Waals surface area contributed by atoms with Crippen LogP contribution in [-0.2, 0) is 17.4 Å². The topological polar surface area (TPSA) is 68.6 Å². The summed E-state index contributed by atoms with van der Waals surface area (Å²) in [6, 6.07) is 4.95. The lowest BCUT2D eigenvalue weighted by Gasteiger charge is -2.44. The van der Waals surface area contributed by atoms with Gasteiger partial charge in [0, 0.05) is 44.4 Å². The van der Waals surface area contributed by atoms with Crippen molar-refractivity contribution in [2.45, 2.75) is 56.6 Å². The number of piperidine rings is 2. The van der Waals surface area contributed by atoms with Crippen molar-refractivity contribution in [1.82, 2.24) is 19.8 Å². The largest absolute Gasteiger partial charge is 0.480 e. The number of carbonyl (C=O) groups is 1. The number of nitrogens with zero attached hydrogens (tertiary/aromatic N) is 3. The van der Waals surface area contributed by atoms with E-state index in [0.717, 1.165) is 30.9 Å². The molecule has 1 N–H and O–H groups in total. The summed E-state index contributed by atoms with van der Waals surface area (Å²) in [6.07, 6.45) is 4.31. The molecular formula is C26H33FN4O3. The van der Waals surface area contributed by atoms with Crippen molar-refractivity contribution in [3.05, 3.63) is 48.2 Å². The molecule has 2 fully saturated rings. The van der Waals surface area contributed by atoms with Crippen molar-refractivity contribution in [2.24, 2.45) is 7.05 Å². The smallest absolute Gasteiger partial charge is 0.410 e. The van der Waals surface area contributed by atoms with E-state index in [1.807, 2.05) is 13.1 Å². The number of fused-ring (bicyclic) bond motifs is 4. The quantitative estimate of drug-likeness (QED) is 0.673. The SMILES string of the molecule is C=CCOC(=O)N1CCC2(CC1)Oc1cccc(F)c1-c1nc(C3CCNC(C)(C)C3)n(C)c12. The summed E-state index contributed by atoms with van der Waals surface area (Å²) in [5.41, 5.74) is 1.37. The highest BCUT2D eigenvalue weighted by Gasteiger charge is 2.49. The van der Waals surface area contributed by atoms with E-state index in [0.29, 0.717) is 42.9 Å². The van der Waals surface area contributed by atoms with Gasteiger partial charge in [0.2, 0.25) is 0 Å². The molecule has 182 valence electrons. The maximum absolute atomic E-state index is 15.1. The molecule has 1 aromatic carbocycles. The lowest BCUT2D eigenvalue weighted by molar-refractivity contribution is -0.00990. The van der Waals surface area contributed by atoms with E-state index >= 15 is 4.39 Å². The van der Waals surface area contributed by atoms with Crippen molar-refractivity contribution in [1.29, 1.82) is 0 Å². The van der Waals surface area contributed by atoms with Crippen molar-refractivity contribution in [3.8, 4) is 17.0 Å². The third-order valence-corrected chi connectivity index (χ3v) is 7.45. The molecule has 1 atom stereocenters. The molecule has 1 spiro atoms. The molecule has 7 nitrogen and oxygen atoms in total. The predicted molar refractivity (Wildman–Crippen MR) is 127 cm³/mol. The number of ether oxygens (including phenoxy) is 2. The van der Waals surface area contributed by atoms with Crippen molar-refractivity contribution in [3.63, 3.8) is 0 Å². The summed E-state index contributed by atoms with van der Waals surface area (Å²) in [5.74, 6) is 1.44. The van der Waals surface area contributed by atoms with Gasteiger partial charge >= 0.3 is 6.09 Å². The van der Waals surface area contributed by atoms with E-state index < -0.39 is 5.60 Å². The molecule has 0 aliphatic carbocycles. The monoisotopic (exact) mass is 468 g/mol. The van der Waals surface area contributed by atoms with Crippen LogP contribution in [0, 0.1) is 5.82 Å². The first kappa shape index (κ1) is 22.9. The predicted octanol–water partition coefficient (Wildman–Crippen LogP) is 4.48. The molecule has 1 amide bonds. The molecule has 2 aromatic rings. The molecule has 3 aliphatic heterocycles. The fourth-order valence-electron chi connectivity index (χ4n) is 5.86. The summed E-state index contributed by atoms with van der Waals surface area (Å²) in [5, 5.41) is 3.57. The van der Waals surface area contributed by atoms with Gasteiger partial charge in [-0.3, -0.25) is 0 Å². The summed E-state index contributed by atoms with van der Waals surface area (Å²) < 4.78 is 29.0. The Kier molecular flexibility index (Phi) is 5.67. The number of imidazole rings is 1. The van der Waals surface area contributed by atoms with Gasteiger partial charge in [-0.15, -0.1) is 0 Å². The maximum Gasteiger partial charge on any atom is 0.410 e. The fourth-order valence-corrected chi connectivity index (χ4v) is 5.86. The summed E-state index contributed by atoms with van der Waals surface area (Å²) in [4.78, 5) is 19.2. The molecule has 0 saturated carbocycles. The molecule has 0 radical (unpaired) electrons. The Morgan fingerprint density at radius 1 is 1.38 bits per heavy atom. The molecule has 1 unspecified atom stereocenters. The number of halogens is 1. The minimum Gasteiger partial charge on any atom is -0.480 e. The molecule has 2 saturated heterocycles. The van der Waals surface area contributed by atoms with Gasteiger partial charge < -0.3 is 24.3 Å². The van der Waals surface area contributed by atoms with Crippen molar-refractivity contribution in [2.75, 3.05) is 26.2 Å². The second-order valence-corrected chi connectivity index (χ2v) is 10.3. The van der Waals surface area contributed by atoms with Crippen LogP contribution < -0.4 is 10.1 Å². The highest BCUT2D eigenvalue weighted by atomic mass is 19.1. The number of benzene rings is 1. The number of rotatable bonds is 3. The Hall–Kier alpha value is -2.87. The molecule has 1 aromatic heterocycles. The van der Waals surface area contributed by atoms with Crippen LogP contribution in [0.5, 0.6) is 5.75 Å². The van der Waals surface area contributed by atoms with E-state index in [-0.39, 0.29) is 30.0 Å². The zero-order valence-electron chi connectivity index (χ0n) is 20.2. The first-order valence-corrected chi connectivity index (χ1v) is 12.1. The molecular weight excluding hydrogens is 435 g/mol. The fraction of sp³-hybridized carbons (Fsp3) is 0.538. The Labute approximate surface area is 199 Å². The zero-order chi connectivity index (χ0) is 24.1. The second kappa shape index (κ2) is 8.41. The van der Waals surface area contributed by atoms with Crippen LogP contribution in [0.25, 0.3) is 11.3 Å². The highest BCUT2D eigenvalue weighted by Crippen LogP contribution is 2.51. The maximum atomic E-state index is 15.1. The number of amides is 1. The van der Waals surface area contributed by atoms with Crippen LogP contribution in [0.4, 0.5) is 9.18 Å². The number of likely N-dealkylation sites (tertiary alicyclic amines) is 1. The van der Waals surface area contributed by atoms with Gasteiger partial charge in [-0.1, -0.05) is 18.7 Å². The normalized spacial score (nSPS) is 22.5. The van der Waals surface area contributed by atoms with Crippen LogP contribution in [0.15, 0.2) is 30.9 Å². The minimum absolute atomic E-state index is 0.0177. The van der Waals surface area contributed by atoms with Gasteiger partial charge in [-0.25, -0.2) is 14.2 Å². The van der Waals surface area contributed by atoms with Gasteiger partial charge in [0.25, 0.3) is 0 Å². The van der Waals surface area contributed by atoms with E-state index in [2.05, 4.69) is 30.3 Å². The van der Waals surface area contributed by atoms with Crippen LogP contribution >= 0.6 is 0 Å². The van der Waals surface area contributed by atoms with Crippen LogP contribution in [0.3, 0.4) is 0 Å². The van der Waals surface area contributed by atoms with Crippen molar-refractivity contribution >= 4 is 6.09 Å². The number of hydrogen-bond acceptors (Lipinski definition) is 5. The number of nitrogens with one attached hydrogen (secondary N) is 1. The Morgan fingerprint density at radius 3 is 2.85 bits per heavy atom. The third-order valence-electron chi connectivity index (χ3n) is 7.45. The van der Waals surface area contributed by atoms with Crippen LogP contribution in [0.1, 0.15) is 57.0 Å². The van der Waals surface area contributed by atoms with Gasteiger partial charge in [-0.05, 0) is 45.4 Å². The second-order valence-electron chi connectivity index (χ2n) is 10.3. The standard InChI is InChI=1S/C26H33FN4O3/c1-5-15-33-24(32)31-13-10-26(11-14-31)22-21(20-18(27)7-6-8-19(20)34-26)29-23(30(22)4)17-9-12-28-25(2,3)16-17/h5-8,17,28H,1,9-16H2,2-4H3. The zero-order valence-corrected chi connectivity index (χ0v) is 20.2. The summed E-state index contributed by atoms with van der Waals surface area (Å²) >= 11 is 0. The van der Waals surface area contributed by atoms with E-state index in [9.17, 15) is 4.79 Å². The van der Waals surface area contributed by atoms with E-state index in [1.54, 1.807) is 17.0 Å². The lowest BCUT2D eigenvalue weighted by Crippen LogP contribution is -2.50. The summed E-state index contributed by atoms with van der Waals surface area (Å²) in [6.45, 7) is 10.1. The Morgan fingerprint density at radius 2 is 2.15 bits per heavy atom. The van der Waals surface area contributed by atoms with Gasteiger partial charge in [-0.2, -0.15) is 0 Å². The van der Waals surface area contributed by atoms with Gasteiger partial charge in [0.05, 0.1) is 11.3 Å².